The number of rotatable bonds is 3. The zero-order valence-corrected chi connectivity index (χ0v) is 9.43. The number of carbonyl (C=O) groups excluding carboxylic acids is 1. The number of nitrogens with two attached hydrogens (primary N) is 1. The Hall–Kier alpha value is -2.34. The van der Waals surface area contributed by atoms with Gasteiger partial charge in [0.2, 0.25) is 5.95 Å². The summed E-state index contributed by atoms with van der Waals surface area (Å²) in [7, 11) is 0. The van der Waals surface area contributed by atoms with Crippen molar-refractivity contribution in [1.82, 2.24) is 9.97 Å². The average Bonchev–Trinajstić information content (AvgIpc) is 2.39. The van der Waals surface area contributed by atoms with Crippen LogP contribution in [0.5, 0.6) is 0 Å². The van der Waals surface area contributed by atoms with Gasteiger partial charge in [-0.25, -0.2) is 4.98 Å². The summed E-state index contributed by atoms with van der Waals surface area (Å²) in [6.45, 7) is 0.249. The van der Waals surface area contributed by atoms with Crippen LogP contribution in [0.3, 0.4) is 0 Å². The minimum Gasteiger partial charge on any atom is -0.325 e. The van der Waals surface area contributed by atoms with E-state index in [9.17, 15) is 9.18 Å². The Morgan fingerprint density at radius 1 is 1.39 bits per heavy atom. The van der Waals surface area contributed by atoms with Gasteiger partial charge in [0.05, 0.1) is 5.69 Å². The van der Waals surface area contributed by atoms with Crippen LogP contribution in [0.1, 0.15) is 16.1 Å². The predicted octanol–water partition coefficient (Wildman–Crippen LogP) is 1.33. The van der Waals surface area contributed by atoms with E-state index in [0.717, 1.165) is 0 Å². The molecule has 0 aliphatic heterocycles. The number of amides is 1. The number of pyridine rings is 2. The number of halogens is 1. The second kappa shape index (κ2) is 5.33. The number of aromatic nitrogens is 2. The maximum Gasteiger partial charge on any atom is 0.256 e. The van der Waals surface area contributed by atoms with E-state index in [4.69, 9.17) is 5.73 Å². The molecule has 0 atom stereocenters. The third-order valence-electron chi connectivity index (χ3n) is 2.24. The fourth-order valence-corrected chi connectivity index (χ4v) is 1.40. The van der Waals surface area contributed by atoms with E-state index in [-0.39, 0.29) is 18.3 Å². The van der Waals surface area contributed by atoms with Crippen LogP contribution < -0.4 is 11.1 Å². The van der Waals surface area contributed by atoms with Crippen molar-refractivity contribution in [1.29, 1.82) is 0 Å². The first-order valence-corrected chi connectivity index (χ1v) is 5.28. The highest BCUT2D eigenvalue weighted by atomic mass is 19.1. The lowest BCUT2D eigenvalue weighted by molar-refractivity contribution is 0.102. The molecule has 0 bridgehead atoms. The molecule has 2 aromatic rings. The van der Waals surface area contributed by atoms with Crippen LogP contribution in [0.4, 0.5) is 10.2 Å². The Morgan fingerprint density at radius 3 is 2.94 bits per heavy atom. The van der Waals surface area contributed by atoms with Crippen LogP contribution >= 0.6 is 0 Å². The topological polar surface area (TPSA) is 80.9 Å². The minimum atomic E-state index is -0.648. The van der Waals surface area contributed by atoms with Crippen LogP contribution in [0.2, 0.25) is 0 Å². The molecule has 3 N–H and O–H groups in total. The fourth-order valence-electron chi connectivity index (χ4n) is 1.40. The molecule has 1 amide bonds. The molecule has 92 valence electrons. The lowest BCUT2D eigenvalue weighted by atomic mass is 10.2. The standard InChI is InChI=1S/C12H11FN4O/c13-10-2-1-3-11(16-10)17-12(18)8-4-5-15-9(6-8)7-14/h1-6H,7,14H2,(H,16,17,18). The van der Waals surface area contributed by atoms with Crippen LogP contribution in [-0.4, -0.2) is 15.9 Å². The molecule has 0 radical (unpaired) electrons. The van der Waals surface area contributed by atoms with Crippen molar-refractivity contribution >= 4 is 11.7 Å². The van der Waals surface area contributed by atoms with Crippen molar-refractivity contribution in [2.75, 3.05) is 5.32 Å². The van der Waals surface area contributed by atoms with Gasteiger partial charge in [-0.05, 0) is 24.3 Å². The molecule has 0 fully saturated rings. The Bertz CT molecular complexity index is 574. The van der Waals surface area contributed by atoms with Gasteiger partial charge in [-0.15, -0.1) is 0 Å². The summed E-state index contributed by atoms with van der Waals surface area (Å²) in [5.74, 6) is -0.874. The summed E-state index contributed by atoms with van der Waals surface area (Å²) >= 11 is 0. The normalized spacial score (nSPS) is 10.1. The number of carbonyl (C=O) groups is 1. The molecule has 0 aliphatic carbocycles. The molecule has 2 heterocycles. The molecule has 2 aromatic heterocycles. The van der Waals surface area contributed by atoms with Crippen LogP contribution in [0, 0.1) is 5.95 Å². The molecule has 0 aromatic carbocycles. The number of anilines is 1. The smallest absolute Gasteiger partial charge is 0.256 e. The first kappa shape index (κ1) is 12.1. The van der Waals surface area contributed by atoms with Crippen molar-refractivity contribution in [2.24, 2.45) is 5.73 Å². The van der Waals surface area contributed by atoms with Crippen molar-refractivity contribution < 1.29 is 9.18 Å². The van der Waals surface area contributed by atoms with Gasteiger partial charge in [0, 0.05) is 18.3 Å². The zero-order chi connectivity index (χ0) is 13.0. The zero-order valence-electron chi connectivity index (χ0n) is 9.43. The Morgan fingerprint density at radius 2 is 2.22 bits per heavy atom. The molecule has 0 aliphatic rings. The van der Waals surface area contributed by atoms with Gasteiger partial charge >= 0.3 is 0 Å². The fraction of sp³-hybridized carbons (Fsp3) is 0.0833. The third kappa shape index (κ3) is 2.86. The highest BCUT2D eigenvalue weighted by Crippen LogP contribution is 2.07. The molecular formula is C12H11FN4O. The summed E-state index contributed by atoms with van der Waals surface area (Å²) in [5.41, 5.74) is 6.44. The highest BCUT2D eigenvalue weighted by Gasteiger charge is 2.08. The van der Waals surface area contributed by atoms with Gasteiger partial charge in [-0.3, -0.25) is 9.78 Å². The molecular weight excluding hydrogens is 235 g/mol. The molecule has 5 nitrogen and oxygen atoms in total. The summed E-state index contributed by atoms with van der Waals surface area (Å²) in [6, 6.07) is 7.30. The third-order valence-corrected chi connectivity index (χ3v) is 2.24. The molecule has 0 saturated carbocycles. The molecule has 0 unspecified atom stereocenters. The van der Waals surface area contributed by atoms with E-state index in [2.05, 4.69) is 15.3 Å². The maximum atomic E-state index is 12.8. The van der Waals surface area contributed by atoms with Crippen molar-refractivity contribution in [3.05, 3.63) is 53.7 Å². The van der Waals surface area contributed by atoms with E-state index >= 15 is 0 Å². The Labute approximate surface area is 103 Å². The molecule has 0 saturated heterocycles. The minimum absolute atomic E-state index is 0.158. The predicted molar refractivity (Wildman–Crippen MR) is 64.3 cm³/mol. The monoisotopic (exact) mass is 246 g/mol. The largest absolute Gasteiger partial charge is 0.325 e. The Balaban J connectivity index is 2.16. The van der Waals surface area contributed by atoms with Crippen LogP contribution in [0.25, 0.3) is 0 Å². The SMILES string of the molecule is NCc1cc(C(=O)Nc2cccc(F)n2)ccn1. The molecule has 2 rings (SSSR count). The van der Waals surface area contributed by atoms with Crippen molar-refractivity contribution in [3.63, 3.8) is 0 Å². The maximum absolute atomic E-state index is 12.8. The number of nitrogens with zero attached hydrogens (tertiary/aromatic N) is 2. The van der Waals surface area contributed by atoms with Gasteiger partial charge in [0.25, 0.3) is 5.91 Å². The van der Waals surface area contributed by atoms with Gasteiger partial charge in [-0.2, -0.15) is 4.39 Å². The van der Waals surface area contributed by atoms with Crippen LogP contribution in [-0.2, 0) is 6.54 Å². The average molecular weight is 246 g/mol. The van der Waals surface area contributed by atoms with Gasteiger partial charge < -0.3 is 11.1 Å². The van der Waals surface area contributed by atoms with Gasteiger partial charge in [0.15, 0.2) is 0 Å². The lowest BCUT2D eigenvalue weighted by Gasteiger charge is -2.05. The summed E-state index contributed by atoms with van der Waals surface area (Å²) in [4.78, 5) is 19.4. The first-order valence-electron chi connectivity index (χ1n) is 5.28. The summed E-state index contributed by atoms with van der Waals surface area (Å²) < 4.78 is 12.8. The van der Waals surface area contributed by atoms with Crippen molar-refractivity contribution in [3.8, 4) is 0 Å². The summed E-state index contributed by atoms with van der Waals surface area (Å²) in [6.07, 6.45) is 1.50. The van der Waals surface area contributed by atoms with Gasteiger partial charge in [-0.1, -0.05) is 6.07 Å². The number of hydrogen-bond donors (Lipinski definition) is 2. The van der Waals surface area contributed by atoms with E-state index in [1.165, 1.54) is 24.4 Å². The van der Waals surface area contributed by atoms with Crippen LogP contribution in [0.15, 0.2) is 36.5 Å². The molecule has 6 heteroatoms. The number of hydrogen-bond acceptors (Lipinski definition) is 4. The highest BCUT2D eigenvalue weighted by molar-refractivity contribution is 6.03. The number of nitrogens with one attached hydrogen (secondary N) is 1. The quantitative estimate of drug-likeness (QED) is 0.800. The molecule has 0 spiro atoms. The molecule has 18 heavy (non-hydrogen) atoms. The van der Waals surface area contributed by atoms with E-state index < -0.39 is 5.95 Å². The Kier molecular flexibility index (Phi) is 3.59. The van der Waals surface area contributed by atoms with E-state index in [1.54, 1.807) is 12.1 Å². The van der Waals surface area contributed by atoms with E-state index in [0.29, 0.717) is 11.3 Å². The summed E-state index contributed by atoms with van der Waals surface area (Å²) in [5, 5.41) is 2.49. The van der Waals surface area contributed by atoms with E-state index in [1.807, 2.05) is 0 Å². The van der Waals surface area contributed by atoms with Gasteiger partial charge in [0.1, 0.15) is 5.82 Å². The second-order valence-corrected chi connectivity index (χ2v) is 3.54. The lowest BCUT2D eigenvalue weighted by Crippen LogP contribution is -2.14. The van der Waals surface area contributed by atoms with Crippen molar-refractivity contribution in [2.45, 2.75) is 6.54 Å². The first-order chi connectivity index (χ1) is 8.69. The second-order valence-electron chi connectivity index (χ2n) is 3.54.